The normalized spacial score (nSPS) is 10.1. The number of benzene rings is 1. The van der Waals surface area contributed by atoms with Gasteiger partial charge < -0.3 is 9.47 Å². The Morgan fingerprint density at radius 2 is 2.06 bits per heavy atom. The maximum absolute atomic E-state index is 11.0. The van der Waals surface area contributed by atoms with Crippen LogP contribution >= 0.6 is 0 Å². The number of aryl methyl sites for hydroxylation is 2. The lowest BCUT2D eigenvalue weighted by molar-refractivity contribution is -0.140. The molecule has 3 nitrogen and oxygen atoms in total. The molecule has 1 aromatic carbocycles. The highest BCUT2D eigenvalue weighted by atomic mass is 16.5. The Kier molecular flexibility index (Phi) is 5.53. The predicted octanol–water partition coefficient (Wildman–Crippen LogP) is 2.75. The lowest BCUT2D eigenvalue weighted by Crippen LogP contribution is -2.01. The van der Waals surface area contributed by atoms with Gasteiger partial charge in [-0.05, 0) is 36.5 Å². The Morgan fingerprint density at radius 3 is 2.65 bits per heavy atom. The van der Waals surface area contributed by atoms with E-state index in [0.29, 0.717) is 6.42 Å². The van der Waals surface area contributed by atoms with E-state index in [1.807, 2.05) is 6.07 Å². The summed E-state index contributed by atoms with van der Waals surface area (Å²) in [6.45, 7) is 2.13. The lowest BCUT2D eigenvalue weighted by atomic mass is 10.0. The van der Waals surface area contributed by atoms with E-state index < -0.39 is 0 Å². The molecule has 0 radical (unpaired) electrons. The molecule has 0 saturated heterocycles. The van der Waals surface area contributed by atoms with Gasteiger partial charge in [0.05, 0.1) is 14.2 Å². The summed E-state index contributed by atoms with van der Waals surface area (Å²) in [7, 11) is 3.09. The van der Waals surface area contributed by atoms with Crippen LogP contribution in [0.15, 0.2) is 18.2 Å². The number of carbonyl (C=O) groups excluding carboxylic acids is 1. The van der Waals surface area contributed by atoms with Crippen LogP contribution in [0, 0.1) is 0 Å². The molecule has 94 valence electrons. The van der Waals surface area contributed by atoms with Crippen LogP contribution in [0.4, 0.5) is 0 Å². The van der Waals surface area contributed by atoms with Crippen LogP contribution in [0.2, 0.25) is 0 Å². The highest BCUT2D eigenvalue weighted by Gasteiger charge is 2.06. The summed E-state index contributed by atoms with van der Waals surface area (Å²) >= 11 is 0. The molecule has 0 bridgehead atoms. The molecule has 0 fully saturated rings. The van der Waals surface area contributed by atoms with Crippen LogP contribution in [0.25, 0.3) is 0 Å². The van der Waals surface area contributed by atoms with Crippen molar-refractivity contribution < 1.29 is 14.3 Å². The van der Waals surface area contributed by atoms with Crippen molar-refractivity contribution in [3.05, 3.63) is 29.3 Å². The molecule has 1 rings (SSSR count). The number of ether oxygens (including phenoxy) is 2. The first kappa shape index (κ1) is 13.6. The van der Waals surface area contributed by atoms with Crippen molar-refractivity contribution >= 4 is 5.97 Å². The molecular formula is C14H20O3. The van der Waals surface area contributed by atoms with Gasteiger partial charge >= 0.3 is 5.97 Å². The number of rotatable bonds is 6. The number of hydrogen-bond acceptors (Lipinski definition) is 3. The molecule has 0 saturated carbocycles. The third kappa shape index (κ3) is 4.10. The van der Waals surface area contributed by atoms with Crippen molar-refractivity contribution in [2.24, 2.45) is 0 Å². The third-order valence-corrected chi connectivity index (χ3v) is 2.81. The first-order valence-electron chi connectivity index (χ1n) is 5.93. The molecule has 0 aromatic heterocycles. The Morgan fingerprint density at radius 1 is 1.29 bits per heavy atom. The fourth-order valence-corrected chi connectivity index (χ4v) is 1.77. The van der Waals surface area contributed by atoms with Crippen LogP contribution in [-0.2, 0) is 22.4 Å². The molecule has 0 atom stereocenters. The summed E-state index contributed by atoms with van der Waals surface area (Å²) in [6.07, 6.45) is 3.09. The fraction of sp³-hybridized carbons (Fsp3) is 0.500. The molecule has 0 amide bonds. The first-order chi connectivity index (χ1) is 8.21. The molecule has 0 N–H and O–H groups in total. The average molecular weight is 236 g/mol. The zero-order chi connectivity index (χ0) is 12.7. The van der Waals surface area contributed by atoms with E-state index in [4.69, 9.17) is 4.74 Å². The van der Waals surface area contributed by atoms with Crippen molar-refractivity contribution in [2.45, 2.75) is 32.6 Å². The monoisotopic (exact) mass is 236 g/mol. The van der Waals surface area contributed by atoms with Crippen molar-refractivity contribution in [1.82, 2.24) is 0 Å². The summed E-state index contributed by atoms with van der Waals surface area (Å²) < 4.78 is 9.93. The van der Waals surface area contributed by atoms with Crippen LogP contribution in [0.1, 0.15) is 30.9 Å². The Hall–Kier alpha value is -1.51. The summed E-state index contributed by atoms with van der Waals surface area (Å²) in [5, 5.41) is 0. The number of hydrogen-bond donors (Lipinski definition) is 0. The Balaban J connectivity index is 2.64. The first-order valence-corrected chi connectivity index (χ1v) is 5.93. The molecule has 0 spiro atoms. The third-order valence-electron chi connectivity index (χ3n) is 2.81. The Labute approximate surface area is 103 Å². The van der Waals surface area contributed by atoms with E-state index in [-0.39, 0.29) is 5.97 Å². The minimum atomic E-state index is -0.157. The molecule has 0 aliphatic heterocycles. The molecule has 3 heteroatoms. The van der Waals surface area contributed by atoms with Crippen LogP contribution in [0.3, 0.4) is 0 Å². The number of methoxy groups -OCH3 is 2. The Bertz CT molecular complexity index is 372. The summed E-state index contributed by atoms with van der Waals surface area (Å²) in [5.41, 5.74) is 2.45. The van der Waals surface area contributed by atoms with Gasteiger partial charge in [-0.25, -0.2) is 0 Å². The molecule has 0 heterocycles. The molecule has 0 aliphatic rings. The maximum Gasteiger partial charge on any atom is 0.305 e. The van der Waals surface area contributed by atoms with Gasteiger partial charge in [0.25, 0.3) is 0 Å². The van der Waals surface area contributed by atoms with E-state index in [1.54, 1.807) is 7.11 Å². The van der Waals surface area contributed by atoms with Gasteiger partial charge in [-0.15, -0.1) is 0 Å². The van der Waals surface area contributed by atoms with Crippen molar-refractivity contribution in [2.75, 3.05) is 14.2 Å². The summed E-state index contributed by atoms with van der Waals surface area (Å²) in [4.78, 5) is 11.0. The van der Waals surface area contributed by atoms with E-state index in [1.165, 1.54) is 12.7 Å². The van der Waals surface area contributed by atoms with E-state index in [9.17, 15) is 4.79 Å². The second-order valence-corrected chi connectivity index (χ2v) is 3.93. The molecule has 17 heavy (non-hydrogen) atoms. The highest BCUT2D eigenvalue weighted by Crippen LogP contribution is 2.22. The van der Waals surface area contributed by atoms with Gasteiger partial charge in [-0.1, -0.05) is 19.1 Å². The average Bonchev–Trinajstić information content (AvgIpc) is 2.38. The number of esters is 1. The van der Waals surface area contributed by atoms with Gasteiger partial charge in [0.15, 0.2) is 0 Å². The highest BCUT2D eigenvalue weighted by molar-refractivity contribution is 5.69. The van der Waals surface area contributed by atoms with Gasteiger partial charge in [-0.3, -0.25) is 4.79 Å². The van der Waals surface area contributed by atoms with Gasteiger partial charge in [-0.2, -0.15) is 0 Å². The minimum absolute atomic E-state index is 0.157. The molecule has 0 aliphatic carbocycles. The van der Waals surface area contributed by atoms with Crippen molar-refractivity contribution in [3.63, 3.8) is 0 Å². The second kappa shape index (κ2) is 6.94. The summed E-state index contributed by atoms with van der Waals surface area (Å²) in [5.74, 6) is 0.739. The summed E-state index contributed by atoms with van der Waals surface area (Å²) in [6, 6.07) is 6.21. The van der Waals surface area contributed by atoms with E-state index in [0.717, 1.165) is 30.6 Å². The van der Waals surface area contributed by atoms with Gasteiger partial charge in [0.1, 0.15) is 5.75 Å². The molecule has 1 aromatic rings. The minimum Gasteiger partial charge on any atom is -0.496 e. The second-order valence-electron chi connectivity index (χ2n) is 3.93. The van der Waals surface area contributed by atoms with Gasteiger partial charge in [0, 0.05) is 6.42 Å². The van der Waals surface area contributed by atoms with Gasteiger partial charge in [0.2, 0.25) is 0 Å². The van der Waals surface area contributed by atoms with E-state index in [2.05, 4.69) is 23.8 Å². The lowest BCUT2D eigenvalue weighted by Gasteiger charge is -2.09. The fourth-order valence-electron chi connectivity index (χ4n) is 1.77. The van der Waals surface area contributed by atoms with Crippen LogP contribution in [-0.4, -0.2) is 20.2 Å². The van der Waals surface area contributed by atoms with Crippen molar-refractivity contribution in [3.8, 4) is 5.75 Å². The standard InChI is InChI=1S/C14H20O3/c1-4-11-8-9-13(16-2)12(10-11)6-5-7-14(15)17-3/h8-10H,4-7H2,1-3H3. The maximum atomic E-state index is 11.0. The topological polar surface area (TPSA) is 35.5 Å². The van der Waals surface area contributed by atoms with Crippen LogP contribution in [0.5, 0.6) is 5.75 Å². The molecule has 0 unspecified atom stereocenters. The predicted molar refractivity (Wildman–Crippen MR) is 67.3 cm³/mol. The smallest absolute Gasteiger partial charge is 0.305 e. The SMILES string of the molecule is CCc1ccc(OC)c(CCCC(=O)OC)c1. The zero-order valence-corrected chi connectivity index (χ0v) is 10.8. The largest absolute Gasteiger partial charge is 0.496 e. The number of carbonyl (C=O) groups is 1. The molecular weight excluding hydrogens is 216 g/mol. The quantitative estimate of drug-likeness (QED) is 0.712. The zero-order valence-electron chi connectivity index (χ0n) is 10.8. The van der Waals surface area contributed by atoms with Crippen LogP contribution < -0.4 is 4.74 Å². The van der Waals surface area contributed by atoms with E-state index >= 15 is 0 Å². The van der Waals surface area contributed by atoms with Crippen molar-refractivity contribution in [1.29, 1.82) is 0 Å².